The fraction of sp³-hybridized carbons (Fsp3) is 0.273. The lowest BCUT2D eigenvalue weighted by molar-refractivity contribution is -0.127. The molecule has 0 aliphatic heterocycles. The van der Waals surface area contributed by atoms with Gasteiger partial charge in [0.15, 0.2) is 0 Å². The molecule has 1 unspecified atom stereocenters. The quantitative estimate of drug-likeness (QED) is 0.548. The number of rotatable bonds is 5. The van der Waals surface area contributed by atoms with Gasteiger partial charge in [0.25, 0.3) is 0 Å². The van der Waals surface area contributed by atoms with Crippen molar-refractivity contribution in [2.45, 2.75) is 13.3 Å². The summed E-state index contributed by atoms with van der Waals surface area (Å²) in [6.45, 7) is 1.81. The summed E-state index contributed by atoms with van der Waals surface area (Å²) in [5, 5.41) is 0. The number of nitrogens with one attached hydrogen (secondary N) is 2. The maximum Gasteiger partial charge on any atom is 0.241 e. The Balaban J connectivity index is 2.45. The molecular formula is C11H14N2O2. The van der Waals surface area contributed by atoms with Crippen LogP contribution in [0.15, 0.2) is 30.3 Å². The Bertz CT molecular complexity index is 325. The summed E-state index contributed by atoms with van der Waals surface area (Å²) in [5.41, 5.74) is 5.53. The van der Waals surface area contributed by atoms with Crippen molar-refractivity contribution < 1.29 is 9.59 Å². The van der Waals surface area contributed by atoms with E-state index in [1.54, 1.807) is 0 Å². The molecule has 4 nitrogen and oxygen atoms in total. The molecule has 0 bridgehead atoms. The minimum atomic E-state index is -0.189. The van der Waals surface area contributed by atoms with Crippen LogP contribution >= 0.6 is 0 Å². The summed E-state index contributed by atoms with van der Waals surface area (Å²) in [6.07, 6.45) is 1.10. The molecule has 1 aromatic carbocycles. The van der Waals surface area contributed by atoms with Crippen LogP contribution in [0, 0.1) is 5.92 Å². The van der Waals surface area contributed by atoms with Gasteiger partial charge in [-0.05, 0) is 12.0 Å². The van der Waals surface area contributed by atoms with E-state index in [0.717, 1.165) is 5.56 Å². The van der Waals surface area contributed by atoms with E-state index in [4.69, 9.17) is 0 Å². The smallest absolute Gasteiger partial charge is 0.241 e. The number of carbonyl (C=O) groups excluding carboxylic acids is 2. The van der Waals surface area contributed by atoms with Crippen molar-refractivity contribution in [3.63, 3.8) is 0 Å². The van der Waals surface area contributed by atoms with Crippen molar-refractivity contribution in [1.82, 2.24) is 10.9 Å². The summed E-state index contributed by atoms with van der Waals surface area (Å²) in [6, 6.07) is 9.74. The van der Waals surface area contributed by atoms with Crippen molar-refractivity contribution in [2.75, 3.05) is 0 Å². The number of hydrogen-bond donors (Lipinski definition) is 2. The highest BCUT2D eigenvalue weighted by Gasteiger charge is 2.12. The van der Waals surface area contributed by atoms with Gasteiger partial charge in [0.1, 0.15) is 0 Å². The molecule has 0 saturated heterocycles. The molecule has 0 saturated carbocycles. The Labute approximate surface area is 88.6 Å². The molecule has 0 aliphatic carbocycles. The predicted molar refractivity (Wildman–Crippen MR) is 56.7 cm³/mol. The molecular weight excluding hydrogens is 192 g/mol. The fourth-order valence-electron chi connectivity index (χ4n) is 1.28. The van der Waals surface area contributed by atoms with Crippen LogP contribution < -0.4 is 10.9 Å². The summed E-state index contributed by atoms with van der Waals surface area (Å²) < 4.78 is 0. The van der Waals surface area contributed by atoms with Gasteiger partial charge in [-0.1, -0.05) is 37.3 Å². The number of amides is 2. The maximum atomic E-state index is 11.4. The van der Waals surface area contributed by atoms with Crippen LogP contribution in [-0.4, -0.2) is 12.3 Å². The Morgan fingerprint density at radius 3 is 2.67 bits per heavy atom. The lowest BCUT2D eigenvalue weighted by atomic mass is 10.0. The summed E-state index contributed by atoms with van der Waals surface area (Å²) >= 11 is 0. The van der Waals surface area contributed by atoms with Crippen molar-refractivity contribution in [3.05, 3.63) is 35.9 Å². The number of hydrogen-bond acceptors (Lipinski definition) is 2. The van der Waals surface area contributed by atoms with Gasteiger partial charge in [0.2, 0.25) is 12.3 Å². The summed E-state index contributed by atoms with van der Waals surface area (Å²) in [4.78, 5) is 21.3. The number of carbonyl (C=O) groups is 2. The van der Waals surface area contributed by atoms with Crippen molar-refractivity contribution in [3.8, 4) is 0 Å². The normalized spacial score (nSPS) is 11.5. The van der Waals surface area contributed by atoms with Crippen LogP contribution in [0.25, 0.3) is 0 Å². The second kappa shape index (κ2) is 5.80. The van der Waals surface area contributed by atoms with Crippen LogP contribution in [0.4, 0.5) is 0 Å². The SMILES string of the molecule is CC(Cc1ccccc1)C(=O)NNC=O. The molecule has 0 aromatic heterocycles. The lowest BCUT2D eigenvalue weighted by Gasteiger charge is -2.10. The van der Waals surface area contributed by atoms with Gasteiger partial charge in [0, 0.05) is 5.92 Å². The number of benzene rings is 1. The second-order valence-corrected chi connectivity index (χ2v) is 3.34. The molecule has 4 heteroatoms. The van der Waals surface area contributed by atoms with E-state index in [1.165, 1.54) is 0 Å². The summed E-state index contributed by atoms with van der Waals surface area (Å²) in [7, 11) is 0. The first-order valence-electron chi connectivity index (χ1n) is 4.77. The molecule has 1 rings (SSSR count). The molecule has 0 radical (unpaired) electrons. The highest BCUT2D eigenvalue weighted by atomic mass is 16.2. The zero-order chi connectivity index (χ0) is 11.1. The topological polar surface area (TPSA) is 58.2 Å². The van der Waals surface area contributed by atoms with E-state index in [2.05, 4.69) is 10.9 Å². The Morgan fingerprint density at radius 1 is 1.40 bits per heavy atom. The lowest BCUT2D eigenvalue weighted by Crippen LogP contribution is -2.40. The largest absolute Gasteiger partial charge is 0.277 e. The minimum absolute atomic E-state index is 0.167. The van der Waals surface area contributed by atoms with E-state index < -0.39 is 0 Å². The van der Waals surface area contributed by atoms with Crippen LogP contribution in [0.1, 0.15) is 12.5 Å². The van der Waals surface area contributed by atoms with Crippen molar-refractivity contribution >= 4 is 12.3 Å². The van der Waals surface area contributed by atoms with Gasteiger partial charge in [-0.2, -0.15) is 0 Å². The second-order valence-electron chi connectivity index (χ2n) is 3.34. The van der Waals surface area contributed by atoms with Crippen molar-refractivity contribution in [1.29, 1.82) is 0 Å². The maximum absolute atomic E-state index is 11.4. The average Bonchev–Trinajstić information content (AvgIpc) is 2.27. The van der Waals surface area contributed by atoms with E-state index in [0.29, 0.717) is 12.8 Å². The Morgan fingerprint density at radius 2 is 2.07 bits per heavy atom. The molecule has 2 amide bonds. The Kier molecular flexibility index (Phi) is 4.34. The average molecular weight is 206 g/mol. The van der Waals surface area contributed by atoms with Gasteiger partial charge in [-0.15, -0.1) is 0 Å². The first-order chi connectivity index (χ1) is 7.24. The highest BCUT2D eigenvalue weighted by Crippen LogP contribution is 2.07. The number of hydrazine groups is 1. The van der Waals surface area contributed by atoms with Crippen LogP contribution in [0.3, 0.4) is 0 Å². The third-order valence-corrected chi connectivity index (χ3v) is 2.09. The standard InChI is InChI=1S/C11H14N2O2/c1-9(11(15)13-12-8-14)7-10-5-3-2-4-6-10/h2-6,8-9H,7H2,1H3,(H,12,14)(H,13,15). The van der Waals surface area contributed by atoms with Crippen molar-refractivity contribution in [2.24, 2.45) is 5.92 Å². The molecule has 80 valence electrons. The fourth-order valence-corrected chi connectivity index (χ4v) is 1.28. The van der Waals surface area contributed by atoms with Gasteiger partial charge in [-0.3, -0.25) is 20.4 Å². The Hall–Kier alpha value is -1.84. The van der Waals surface area contributed by atoms with Gasteiger partial charge in [0.05, 0.1) is 0 Å². The molecule has 2 N–H and O–H groups in total. The first-order valence-corrected chi connectivity index (χ1v) is 4.77. The molecule has 0 fully saturated rings. The van der Waals surface area contributed by atoms with E-state index in [9.17, 15) is 9.59 Å². The van der Waals surface area contributed by atoms with Crippen LogP contribution in [0.2, 0.25) is 0 Å². The van der Waals surface area contributed by atoms with Crippen LogP contribution in [-0.2, 0) is 16.0 Å². The summed E-state index contributed by atoms with van der Waals surface area (Å²) in [5.74, 6) is -0.356. The monoisotopic (exact) mass is 206 g/mol. The first kappa shape index (κ1) is 11.2. The molecule has 0 heterocycles. The zero-order valence-corrected chi connectivity index (χ0v) is 8.57. The van der Waals surface area contributed by atoms with E-state index in [1.807, 2.05) is 37.3 Å². The predicted octanol–water partition coefficient (Wildman–Crippen LogP) is 0.642. The molecule has 15 heavy (non-hydrogen) atoms. The highest BCUT2D eigenvalue weighted by molar-refractivity contribution is 5.79. The third kappa shape index (κ3) is 3.81. The van der Waals surface area contributed by atoms with Gasteiger partial charge in [-0.25, -0.2) is 0 Å². The molecule has 1 atom stereocenters. The molecule has 0 aliphatic rings. The van der Waals surface area contributed by atoms with E-state index in [-0.39, 0.29) is 11.8 Å². The van der Waals surface area contributed by atoms with Gasteiger partial charge >= 0.3 is 0 Å². The minimum Gasteiger partial charge on any atom is -0.277 e. The van der Waals surface area contributed by atoms with Gasteiger partial charge < -0.3 is 0 Å². The third-order valence-electron chi connectivity index (χ3n) is 2.09. The van der Waals surface area contributed by atoms with E-state index >= 15 is 0 Å². The molecule has 1 aromatic rings. The molecule has 0 spiro atoms. The van der Waals surface area contributed by atoms with Crippen LogP contribution in [0.5, 0.6) is 0 Å². The zero-order valence-electron chi connectivity index (χ0n) is 8.57.